The van der Waals surface area contributed by atoms with Gasteiger partial charge in [-0.25, -0.2) is 14.3 Å². The number of imidazole rings is 1. The van der Waals surface area contributed by atoms with E-state index in [0.29, 0.717) is 50.5 Å². The van der Waals surface area contributed by atoms with Gasteiger partial charge in [0.15, 0.2) is 5.82 Å². The van der Waals surface area contributed by atoms with Crippen LogP contribution < -0.4 is 0 Å². The number of fused-ring (bicyclic) bond motifs is 1. The molecule has 1 fully saturated rings. The normalized spacial score (nSPS) is 15.8. The monoisotopic (exact) mass is 605 g/mol. The summed E-state index contributed by atoms with van der Waals surface area (Å²) in [5.74, 6) is 0.438. The third kappa shape index (κ3) is 10.2. The van der Waals surface area contributed by atoms with Crippen molar-refractivity contribution in [2.75, 3.05) is 32.9 Å². The van der Waals surface area contributed by atoms with Crippen LogP contribution in [0, 0.1) is 0 Å². The summed E-state index contributed by atoms with van der Waals surface area (Å²) in [6, 6.07) is 17.3. The van der Waals surface area contributed by atoms with E-state index in [2.05, 4.69) is 11.8 Å². The van der Waals surface area contributed by atoms with Crippen LogP contribution in [0.1, 0.15) is 91.4 Å². The van der Waals surface area contributed by atoms with Crippen molar-refractivity contribution in [1.82, 2.24) is 14.5 Å². The van der Waals surface area contributed by atoms with Gasteiger partial charge in [0.25, 0.3) is 0 Å². The van der Waals surface area contributed by atoms with E-state index < -0.39 is 11.7 Å². The summed E-state index contributed by atoms with van der Waals surface area (Å²) in [7, 11) is 0. The Morgan fingerprint density at radius 1 is 0.932 bits per heavy atom. The highest BCUT2D eigenvalue weighted by atomic mass is 16.6. The van der Waals surface area contributed by atoms with Gasteiger partial charge in [0.1, 0.15) is 12.2 Å². The van der Waals surface area contributed by atoms with E-state index in [1.54, 1.807) is 4.57 Å². The predicted octanol–water partition coefficient (Wildman–Crippen LogP) is 8.02. The molecule has 0 amide bonds. The highest BCUT2D eigenvalue weighted by Gasteiger charge is 2.34. The van der Waals surface area contributed by atoms with Gasteiger partial charge in [0.2, 0.25) is 0 Å². The van der Waals surface area contributed by atoms with Crippen LogP contribution in [0.25, 0.3) is 22.4 Å². The van der Waals surface area contributed by atoms with E-state index in [9.17, 15) is 9.59 Å². The topological polar surface area (TPSA) is 82.9 Å². The van der Waals surface area contributed by atoms with E-state index in [1.807, 2.05) is 68.4 Å². The molecule has 0 aliphatic carbocycles. The molecule has 8 nitrogen and oxygen atoms in total. The smallest absolute Gasteiger partial charge is 0.420 e. The summed E-state index contributed by atoms with van der Waals surface area (Å²) in [6.45, 7) is 9.01. The number of hydrogen-bond acceptors (Lipinski definition) is 7. The van der Waals surface area contributed by atoms with Crippen LogP contribution in [0.4, 0.5) is 4.79 Å². The van der Waals surface area contributed by atoms with Crippen LogP contribution in [0.2, 0.25) is 0 Å². The van der Waals surface area contributed by atoms with Gasteiger partial charge in [-0.3, -0.25) is 9.69 Å². The van der Waals surface area contributed by atoms with Crippen molar-refractivity contribution in [1.29, 1.82) is 0 Å². The van der Waals surface area contributed by atoms with Gasteiger partial charge in [0.05, 0.1) is 24.2 Å². The molecule has 0 radical (unpaired) electrons. The maximum Gasteiger partial charge on any atom is 0.420 e. The van der Waals surface area contributed by atoms with Crippen molar-refractivity contribution in [2.45, 2.75) is 103 Å². The molecule has 2 heterocycles. The average molecular weight is 606 g/mol. The highest BCUT2D eigenvalue weighted by molar-refractivity contribution is 5.92. The summed E-state index contributed by atoms with van der Waals surface area (Å²) in [4.78, 5) is 33.1. The Labute approximate surface area is 263 Å². The van der Waals surface area contributed by atoms with Gasteiger partial charge in [-0.1, -0.05) is 101 Å². The fraction of sp³-hybridized carbons (Fsp3) is 0.583. The number of carbonyl (C=O) groups excluding carboxylic acids is 2. The van der Waals surface area contributed by atoms with Crippen molar-refractivity contribution in [2.24, 2.45) is 0 Å². The molecule has 8 heteroatoms. The Kier molecular flexibility index (Phi) is 13.2. The molecule has 1 aliphatic rings. The second-order valence-electron chi connectivity index (χ2n) is 12.5. The van der Waals surface area contributed by atoms with Crippen molar-refractivity contribution < 1.29 is 23.8 Å². The molecule has 44 heavy (non-hydrogen) atoms. The van der Waals surface area contributed by atoms with E-state index in [-0.39, 0.29) is 12.0 Å². The standard InChI is InChI=1S/C36H51N3O5/c1-4-5-6-7-8-9-10-11-15-22-33(40)43-26-24-38-23-25-42-28-30(38)27-36(2,3)44-35(41)39-32-21-17-16-20-31(32)37-34(39)29-18-13-12-14-19-29/h12-14,16-21,30H,4-11,15,22-28H2,1-3H3. The van der Waals surface area contributed by atoms with Gasteiger partial charge in [-0.05, 0) is 32.4 Å². The molecule has 240 valence electrons. The number of nitrogens with zero attached hydrogens (tertiary/aromatic N) is 3. The minimum atomic E-state index is -0.771. The molecule has 0 spiro atoms. The second-order valence-corrected chi connectivity index (χ2v) is 12.5. The van der Waals surface area contributed by atoms with Gasteiger partial charge in [-0.2, -0.15) is 0 Å². The number of morpholine rings is 1. The first kappa shape index (κ1) is 33.7. The molecule has 0 bridgehead atoms. The van der Waals surface area contributed by atoms with Crippen LogP contribution >= 0.6 is 0 Å². The lowest BCUT2D eigenvalue weighted by atomic mass is 9.97. The molecule has 3 aromatic rings. The molecule has 1 saturated heterocycles. The lowest BCUT2D eigenvalue weighted by molar-refractivity contribution is -0.145. The largest absolute Gasteiger partial charge is 0.464 e. The van der Waals surface area contributed by atoms with Crippen LogP contribution in [0.5, 0.6) is 0 Å². The van der Waals surface area contributed by atoms with Gasteiger partial charge in [-0.15, -0.1) is 0 Å². The molecule has 4 rings (SSSR count). The minimum absolute atomic E-state index is 0.0377. The summed E-state index contributed by atoms with van der Waals surface area (Å²) in [5, 5.41) is 0. The number of ether oxygens (including phenoxy) is 3. The molecule has 0 N–H and O–H groups in total. The summed E-state index contributed by atoms with van der Waals surface area (Å²) >= 11 is 0. The van der Waals surface area contributed by atoms with Crippen LogP contribution in [0.3, 0.4) is 0 Å². The summed E-state index contributed by atoms with van der Waals surface area (Å²) in [6.07, 6.45) is 11.6. The molecule has 1 aliphatic heterocycles. The number of rotatable bonds is 17. The van der Waals surface area contributed by atoms with Crippen LogP contribution in [0.15, 0.2) is 54.6 Å². The number of para-hydroxylation sites is 2. The number of carbonyl (C=O) groups is 2. The number of unbranched alkanes of at least 4 members (excludes halogenated alkanes) is 8. The summed E-state index contributed by atoms with van der Waals surface area (Å²) in [5.41, 5.74) is 1.52. The Bertz CT molecular complexity index is 1310. The van der Waals surface area contributed by atoms with E-state index in [0.717, 1.165) is 30.5 Å². The van der Waals surface area contributed by atoms with Crippen LogP contribution in [-0.2, 0) is 19.0 Å². The first-order chi connectivity index (χ1) is 21.4. The fourth-order valence-corrected chi connectivity index (χ4v) is 5.98. The number of hydrogen-bond donors (Lipinski definition) is 0. The Morgan fingerprint density at radius 2 is 1.61 bits per heavy atom. The third-order valence-corrected chi connectivity index (χ3v) is 8.34. The molecule has 2 aromatic carbocycles. The minimum Gasteiger partial charge on any atom is -0.464 e. The average Bonchev–Trinajstić information content (AvgIpc) is 3.41. The summed E-state index contributed by atoms with van der Waals surface area (Å²) < 4.78 is 19.1. The van der Waals surface area contributed by atoms with E-state index in [4.69, 9.17) is 19.2 Å². The van der Waals surface area contributed by atoms with E-state index in [1.165, 1.54) is 44.9 Å². The molecule has 1 atom stereocenters. The quantitative estimate of drug-likeness (QED) is 0.114. The highest BCUT2D eigenvalue weighted by Crippen LogP contribution is 2.28. The molecule has 1 aromatic heterocycles. The zero-order valence-electron chi connectivity index (χ0n) is 27.0. The SMILES string of the molecule is CCCCCCCCCCCC(=O)OCCN1CCOCC1CC(C)(C)OC(=O)n1c(-c2ccccc2)nc2ccccc21. The number of aromatic nitrogens is 2. The molecule has 1 unspecified atom stereocenters. The number of esters is 1. The molecular weight excluding hydrogens is 554 g/mol. The molecule has 0 saturated carbocycles. The molecular formula is C36H51N3O5. The number of benzene rings is 2. The predicted molar refractivity (Wildman–Crippen MR) is 175 cm³/mol. The van der Waals surface area contributed by atoms with E-state index >= 15 is 0 Å². The second kappa shape index (κ2) is 17.3. The van der Waals surface area contributed by atoms with Crippen molar-refractivity contribution in [3.05, 3.63) is 54.6 Å². The Morgan fingerprint density at radius 3 is 2.36 bits per heavy atom. The Hall–Kier alpha value is -3.23. The maximum atomic E-state index is 13.7. The lowest BCUT2D eigenvalue weighted by Crippen LogP contribution is -2.50. The van der Waals surface area contributed by atoms with Crippen molar-refractivity contribution >= 4 is 23.1 Å². The van der Waals surface area contributed by atoms with Crippen LogP contribution in [-0.4, -0.2) is 71.1 Å². The van der Waals surface area contributed by atoms with Gasteiger partial charge >= 0.3 is 12.1 Å². The maximum absolute atomic E-state index is 13.7. The fourth-order valence-electron chi connectivity index (χ4n) is 5.98. The zero-order valence-corrected chi connectivity index (χ0v) is 27.0. The first-order valence-corrected chi connectivity index (χ1v) is 16.6. The third-order valence-electron chi connectivity index (χ3n) is 8.34. The zero-order chi connectivity index (χ0) is 31.2. The Balaban J connectivity index is 1.25. The van der Waals surface area contributed by atoms with Crippen molar-refractivity contribution in [3.8, 4) is 11.4 Å². The first-order valence-electron chi connectivity index (χ1n) is 16.6. The van der Waals surface area contributed by atoms with Crippen molar-refractivity contribution in [3.63, 3.8) is 0 Å². The van der Waals surface area contributed by atoms with Gasteiger partial charge in [0, 0.05) is 37.5 Å². The lowest BCUT2D eigenvalue weighted by Gasteiger charge is -2.39. The van der Waals surface area contributed by atoms with Gasteiger partial charge < -0.3 is 14.2 Å².